The number of amides is 1. The number of rotatable bonds is 6. The molecule has 0 radical (unpaired) electrons. The van der Waals surface area contributed by atoms with Crippen molar-refractivity contribution in [2.45, 2.75) is 20.3 Å². The Hall–Kier alpha value is -3.07. The standard InChI is InChI=1S/C23H23NO2/c1-17-12-13-18(2)21(16-17)24-23(25)20-10-6-7-11-22(20)26-15-14-19-8-4-3-5-9-19/h3-13,16H,14-15H2,1-2H3,(H,24,25). The van der Waals surface area contributed by atoms with Gasteiger partial charge in [-0.25, -0.2) is 0 Å². The van der Waals surface area contributed by atoms with E-state index in [-0.39, 0.29) is 5.91 Å². The highest BCUT2D eigenvalue weighted by molar-refractivity contribution is 6.06. The lowest BCUT2D eigenvalue weighted by molar-refractivity contribution is 0.102. The quantitative estimate of drug-likeness (QED) is 0.669. The smallest absolute Gasteiger partial charge is 0.259 e. The molecular weight excluding hydrogens is 322 g/mol. The summed E-state index contributed by atoms with van der Waals surface area (Å²) in [5.74, 6) is 0.445. The third-order valence-electron chi connectivity index (χ3n) is 4.26. The molecule has 0 atom stereocenters. The van der Waals surface area contributed by atoms with Gasteiger partial charge in [0.2, 0.25) is 0 Å². The number of para-hydroxylation sites is 1. The van der Waals surface area contributed by atoms with Crippen molar-refractivity contribution in [1.82, 2.24) is 0 Å². The van der Waals surface area contributed by atoms with E-state index in [4.69, 9.17) is 4.74 Å². The molecule has 132 valence electrons. The fourth-order valence-corrected chi connectivity index (χ4v) is 2.76. The molecule has 26 heavy (non-hydrogen) atoms. The molecule has 3 aromatic rings. The molecule has 1 amide bonds. The first kappa shape index (κ1) is 17.7. The molecule has 0 aliphatic rings. The average molecular weight is 345 g/mol. The normalized spacial score (nSPS) is 10.4. The summed E-state index contributed by atoms with van der Waals surface area (Å²) < 4.78 is 5.89. The molecule has 0 aromatic heterocycles. The fraction of sp³-hybridized carbons (Fsp3) is 0.174. The number of ether oxygens (including phenoxy) is 1. The molecule has 0 spiro atoms. The Morgan fingerprint density at radius 2 is 1.65 bits per heavy atom. The largest absolute Gasteiger partial charge is 0.492 e. The first-order chi connectivity index (χ1) is 12.6. The molecule has 0 aliphatic heterocycles. The first-order valence-corrected chi connectivity index (χ1v) is 8.78. The van der Waals surface area contributed by atoms with Crippen LogP contribution in [0.15, 0.2) is 72.8 Å². The summed E-state index contributed by atoms with van der Waals surface area (Å²) in [6.45, 7) is 4.52. The number of aryl methyl sites for hydroxylation is 2. The molecule has 3 heteroatoms. The van der Waals surface area contributed by atoms with Crippen molar-refractivity contribution in [2.24, 2.45) is 0 Å². The Labute approximate surface area is 154 Å². The molecule has 0 fully saturated rings. The maximum Gasteiger partial charge on any atom is 0.259 e. The van der Waals surface area contributed by atoms with Gasteiger partial charge in [-0.1, -0.05) is 54.6 Å². The predicted molar refractivity (Wildman–Crippen MR) is 106 cm³/mol. The Morgan fingerprint density at radius 3 is 2.46 bits per heavy atom. The van der Waals surface area contributed by atoms with Crippen LogP contribution in [0.4, 0.5) is 5.69 Å². The van der Waals surface area contributed by atoms with Crippen LogP contribution in [0.5, 0.6) is 5.75 Å². The van der Waals surface area contributed by atoms with Crippen molar-refractivity contribution < 1.29 is 9.53 Å². The van der Waals surface area contributed by atoms with E-state index >= 15 is 0 Å². The molecule has 0 aliphatic carbocycles. The zero-order valence-electron chi connectivity index (χ0n) is 15.2. The molecule has 0 heterocycles. The van der Waals surface area contributed by atoms with Gasteiger partial charge in [0.25, 0.3) is 5.91 Å². The van der Waals surface area contributed by atoms with Crippen molar-refractivity contribution in [3.05, 3.63) is 95.1 Å². The Morgan fingerprint density at radius 1 is 0.923 bits per heavy atom. The lowest BCUT2D eigenvalue weighted by atomic mass is 10.1. The summed E-state index contributed by atoms with van der Waals surface area (Å²) >= 11 is 0. The van der Waals surface area contributed by atoms with Gasteiger partial charge in [0, 0.05) is 12.1 Å². The van der Waals surface area contributed by atoms with Gasteiger partial charge in [0.05, 0.1) is 12.2 Å². The van der Waals surface area contributed by atoms with Gasteiger partial charge in [0.15, 0.2) is 0 Å². The molecular formula is C23H23NO2. The van der Waals surface area contributed by atoms with Crippen LogP contribution in [0.3, 0.4) is 0 Å². The third-order valence-corrected chi connectivity index (χ3v) is 4.26. The SMILES string of the molecule is Cc1ccc(C)c(NC(=O)c2ccccc2OCCc2ccccc2)c1. The minimum absolute atomic E-state index is 0.158. The third kappa shape index (κ3) is 4.51. The second-order valence-electron chi connectivity index (χ2n) is 6.35. The first-order valence-electron chi connectivity index (χ1n) is 8.78. The van der Waals surface area contributed by atoms with E-state index in [1.165, 1.54) is 5.56 Å². The number of carbonyl (C=O) groups is 1. The molecule has 3 rings (SSSR count). The molecule has 3 aromatic carbocycles. The number of hydrogen-bond acceptors (Lipinski definition) is 2. The number of anilines is 1. The molecule has 0 bridgehead atoms. The molecule has 1 N–H and O–H groups in total. The van der Waals surface area contributed by atoms with Crippen LogP contribution in [0.2, 0.25) is 0 Å². The number of hydrogen-bond donors (Lipinski definition) is 1. The maximum absolute atomic E-state index is 12.7. The summed E-state index contributed by atoms with van der Waals surface area (Å²) in [5.41, 5.74) is 4.73. The van der Waals surface area contributed by atoms with E-state index in [1.807, 2.05) is 68.4 Å². The predicted octanol–water partition coefficient (Wildman–Crippen LogP) is 5.18. The monoisotopic (exact) mass is 345 g/mol. The summed E-state index contributed by atoms with van der Waals surface area (Å²) in [7, 11) is 0. The average Bonchev–Trinajstić information content (AvgIpc) is 2.66. The second kappa shape index (κ2) is 8.34. The van der Waals surface area contributed by atoms with Crippen molar-refractivity contribution >= 4 is 11.6 Å². The zero-order valence-corrected chi connectivity index (χ0v) is 15.2. The van der Waals surface area contributed by atoms with Crippen molar-refractivity contribution in [2.75, 3.05) is 11.9 Å². The highest BCUT2D eigenvalue weighted by Crippen LogP contribution is 2.22. The Kier molecular flexibility index (Phi) is 5.69. The highest BCUT2D eigenvalue weighted by Gasteiger charge is 2.13. The van der Waals surface area contributed by atoms with Crippen molar-refractivity contribution in [1.29, 1.82) is 0 Å². The van der Waals surface area contributed by atoms with Gasteiger partial charge in [0.1, 0.15) is 5.75 Å². The van der Waals surface area contributed by atoms with E-state index in [9.17, 15) is 4.79 Å². The lowest BCUT2D eigenvalue weighted by Gasteiger charge is -2.13. The van der Waals surface area contributed by atoms with Crippen LogP contribution < -0.4 is 10.1 Å². The Balaban J connectivity index is 1.69. The van der Waals surface area contributed by atoms with E-state index in [2.05, 4.69) is 17.4 Å². The second-order valence-corrected chi connectivity index (χ2v) is 6.35. The topological polar surface area (TPSA) is 38.3 Å². The van der Waals surface area contributed by atoms with Gasteiger partial charge in [-0.3, -0.25) is 4.79 Å². The van der Waals surface area contributed by atoms with E-state index in [1.54, 1.807) is 6.07 Å². The summed E-state index contributed by atoms with van der Waals surface area (Å²) in [6, 6.07) is 23.5. The Bertz CT molecular complexity index is 888. The van der Waals surface area contributed by atoms with E-state index in [0.29, 0.717) is 17.9 Å². The van der Waals surface area contributed by atoms with Gasteiger partial charge in [-0.05, 0) is 48.7 Å². The molecule has 0 unspecified atom stereocenters. The van der Waals surface area contributed by atoms with Crippen LogP contribution >= 0.6 is 0 Å². The summed E-state index contributed by atoms with van der Waals surface area (Å²) in [6.07, 6.45) is 0.799. The van der Waals surface area contributed by atoms with Crippen LogP contribution in [0.25, 0.3) is 0 Å². The van der Waals surface area contributed by atoms with Crippen molar-refractivity contribution in [3.63, 3.8) is 0 Å². The van der Waals surface area contributed by atoms with Crippen LogP contribution in [0.1, 0.15) is 27.0 Å². The minimum Gasteiger partial charge on any atom is -0.492 e. The van der Waals surface area contributed by atoms with Crippen LogP contribution in [0, 0.1) is 13.8 Å². The van der Waals surface area contributed by atoms with Gasteiger partial charge in [-0.15, -0.1) is 0 Å². The molecule has 0 saturated heterocycles. The van der Waals surface area contributed by atoms with Crippen LogP contribution in [-0.4, -0.2) is 12.5 Å². The number of nitrogens with one attached hydrogen (secondary N) is 1. The summed E-state index contributed by atoms with van der Waals surface area (Å²) in [4.78, 5) is 12.7. The number of carbonyl (C=O) groups excluding carboxylic acids is 1. The molecule has 3 nitrogen and oxygen atoms in total. The number of benzene rings is 3. The van der Waals surface area contributed by atoms with E-state index < -0.39 is 0 Å². The zero-order chi connectivity index (χ0) is 18.4. The summed E-state index contributed by atoms with van der Waals surface area (Å²) in [5, 5.41) is 3.00. The maximum atomic E-state index is 12.7. The van der Waals surface area contributed by atoms with Gasteiger partial charge < -0.3 is 10.1 Å². The van der Waals surface area contributed by atoms with Crippen molar-refractivity contribution in [3.8, 4) is 5.75 Å². The van der Waals surface area contributed by atoms with E-state index in [0.717, 1.165) is 23.2 Å². The van der Waals surface area contributed by atoms with Crippen LogP contribution in [-0.2, 0) is 6.42 Å². The van der Waals surface area contributed by atoms with Gasteiger partial charge in [-0.2, -0.15) is 0 Å². The van der Waals surface area contributed by atoms with Gasteiger partial charge >= 0.3 is 0 Å². The minimum atomic E-state index is -0.158. The highest BCUT2D eigenvalue weighted by atomic mass is 16.5. The lowest BCUT2D eigenvalue weighted by Crippen LogP contribution is -2.15. The fourth-order valence-electron chi connectivity index (χ4n) is 2.76. The molecule has 0 saturated carbocycles.